The van der Waals surface area contributed by atoms with Crippen molar-refractivity contribution in [2.24, 2.45) is 11.8 Å². The molecule has 0 radical (unpaired) electrons. The SMILES string of the molecule is C=CCN(CCCCC)C(=O)C1N(CCO)C(=O)[C@@H]2[C@H](C(=O)O)[C@]3(CC)CCC12O3. The zero-order valence-electron chi connectivity index (χ0n) is 18.0. The van der Waals surface area contributed by atoms with Crippen molar-refractivity contribution in [1.29, 1.82) is 0 Å². The Morgan fingerprint density at radius 3 is 2.63 bits per heavy atom. The average Bonchev–Trinajstić information content (AvgIpc) is 3.31. The second kappa shape index (κ2) is 8.67. The zero-order chi connectivity index (χ0) is 22.1. The van der Waals surface area contributed by atoms with Crippen molar-refractivity contribution in [3.63, 3.8) is 0 Å². The summed E-state index contributed by atoms with van der Waals surface area (Å²) in [6.07, 6.45) is 5.95. The van der Waals surface area contributed by atoms with E-state index in [0.717, 1.165) is 19.3 Å². The van der Waals surface area contributed by atoms with E-state index in [9.17, 15) is 24.6 Å². The van der Waals surface area contributed by atoms with Crippen molar-refractivity contribution in [3.8, 4) is 0 Å². The smallest absolute Gasteiger partial charge is 0.310 e. The molecule has 3 aliphatic rings. The summed E-state index contributed by atoms with van der Waals surface area (Å²) in [7, 11) is 0. The molecule has 5 atom stereocenters. The summed E-state index contributed by atoms with van der Waals surface area (Å²) in [5, 5.41) is 19.5. The minimum Gasteiger partial charge on any atom is -0.481 e. The van der Waals surface area contributed by atoms with E-state index in [1.165, 1.54) is 4.90 Å². The minimum absolute atomic E-state index is 0.0147. The van der Waals surface area contributed by atoms with E-state index in [1.54, 1.807) is 11.0 Å². The summed E-state index contributed by atoms with van der Waals surface area (Å²) in [5.74, 6) is -3.56. The van der Waals surface area contributed by atoms with Gasteiger partial charge in [0.15, 0.2) is 0 Å². The number of carboxylic acid groups (broad SMARTS) is 1. The van der Waals surface area contributed by atoms with Crippen LogP contribution in [-0.2, 0) is 19.1 Å². The van der Waals surface area contributed by atoms with E-state index >= 15 is 0 Å². The van der Waals surface area contributed by atoms with Crippen LogP contribution in [0.4, 0.5) is 0 Å². The second-order valence-electron chi connectivity index (χ2n) is 8.71. The topological polar surface area (TPSA) is 107 Å². The quantitative estimate of drug-likeness (QED) is 0.385. The monoisotopic (exact) mass is 422 g/mol. The number of fused-ring (bicyclic) bond motifs is 1. The fourth-order valence-corrected chi connectivity index (χ4v) is 5.89. The highest BCUT2D eigenvalue weighted by atomic mass is 16.5. The minimum atomic E-state index is -1.15. The Labute approximate surface area is 177 Å². The number of amides is 2. The van der Waals surface area contributed by atoms with Crippen molar-refractivity contribution in [1.82, 2.24) is 9.80 Å². The molecule has 0 aromatic heterocycles. The lowest BCUT2D eigenvalue weighted by atomic mass is 9.65. The number of aliphatic hydroxyl groups is 1. The summed E-state index contributed by atoms with van der Waals surface area (Å²) in [6.45, 7) is 8.29. The number of carbonyl (C=O) groups is 3. The number of carboxylic acids is 1. The van der Waals surface area contributed by atoms with Crippen LogP contribution in [0, 0.1) is 11.8 Å². The molecule has 1 spiro atoms. The van der Waals surface area contributed by atoms with Gasteiger partial charge in [-0.15, -0.1) is 6.58 Å². The van der Waals surface area contributed by atoms with Crippen LogP contribution in [0.25, 0.3) is 0 Å². The second-order valence-corrected chi connectivity index (χ2v) is 8.71. The first-order valence-corrected chi connectivity index (χ1v) is 11.1. The Hall–Kier alpha value is -1.93. The predicted molar refractivity (Wildman–Crippen MR) is 110 cm³/mol. The highest BCUT2D eigenvalue weighted by Gasteiger charge is 2.78. The first-order chi connectivity index (χ1) is 14.3. The Bertz CT molecular complexity index is 712. The summed E-state index contributed by atoms with van der Waals surface area (Å²) >= 11 is 0. The lowest BCUT2D eigenvalue weighted by Crippen LogP contribution is -2.56. The third-order valence-electron chi connectivity index (χ3n) is 7.21. The number of hydrogen-bond acceptors (Lipinski definition) is 5. The van der Waals surface area contributed by atoms with Gasteiger partial charge in [-0.05, 0) is 25.7 Å². The fraction of sp³-hybridized carbons (Fsp3) is 0.773. The van der Waals surface area contributed by atoms with E-state index in [0.29, 0.717) is 32.4 Å². The van der Waals surface area contributed by atoms with Crippen molar-refractivity contribution in [2.45, 2.75) is 69.6 Å². The normalized spacial score (nSPS) is 34.3. The van der Waals surface area contributed by atoms with Gasteiger partial charge in [0.05, 0.1) is 18.1 Å². The number of nitrogens with zero attached hydrogens (tertiary/aromatic N) is 2. The van der Waals surface area contributed by atoms with Gasteiger partial charge < -0.3 is 24.7 Å². The number of rotatable bonds is 11. The van der Waals surface area contributed by atoms with E-state index in [-0.39, 0.29) is 19.1 Å². The zero-order valence-corrected chi connectivity index (χ0v) is 18.0. The van der Waals surface area contributed by atoms with Crippen LogP contribution < -0.4 is 0 Å². The van der Waals surface area contributed by atoms with Crippen LogP contribution in [0.15, 0.2) is 12.7 Å². The van der Waals surface area contributed by atoms with Crippen molar-refractivity contribution >= 4 is 17.8 Å². The number of ether oxygens (including phenoxy) is 1. The largest absolute Gasteiger partial charge is 0.481 e. The molecule has 168 valence electrons. The number of likely N-dealkylation sites (tertiary alicyclic amines) is 1. The molecule has 2 amide bonds. The molecule has 0 aromatic carbocycles. The molecule has 3 aliphatic heterocycles. The lowest BCUT2D eigenvalue weighted by molar-refractivity contribution is -0.158. The molecular formula is C22H34N2O6. The Morgan fingerprint density at radius 1 is 1.33 bits per heavy atom. The molecule has 8 nitrogen and oxygen atoms in total. The lowest BCUT2D eigenvalue weighted by Gasteiger charge is -2.36. The first-order valence-electron chi connectivity index (χ1n) is 11.1. The van der Waals surface area contributed by atoms with Gasteiger partial charge in [0, 0.05) is 19.6 Å². The summed E-state index contributed by atoms with van der Waals surface area (Å²) in [6, 6.07) is -0.915. The maximum Gasteiger partial charge on any atom is 0.310 e. The number of aliphatic hydroxyl groups excluding tert-OH is 1. The third kappa shape index (κ3) is 3.24. The van der Waals surface area contributed by atoms with E-state index in [2.05, 4.69) is 13.5 Å². The number of aliphatic carboxylic acids is 1. The van der Waals surface area contributed by atoms with Crippen LogP contribution in [0.3, 0.4) is 0 Å². The van der Waals surface area contributed by atoms with Crippen molar-refractivity contribution in [2.75, 3.05) is 26.2 Å². The summed E-state index contributed by atoms with van der Waals surface area (Å²) in [5.41, 5.74) is -2.06. The number of unbranched alkanes of at least 4 members (excludes halogenated alkanes) is 2. The average molecular weight is 423 g/mol. The number of hydrogen-bond donors (Lipinski definition) is 2. The highest BCUT2D eigenvalue weighted by molar-refractivity contribution is 5.98. The van der Waals surface area contributed by atoms with Gasteiger partial charge in [-0.2, -0.15) is 0 Å². The molecule has 2 unspecified atom stereocenters. The summed E-state index contributed by atoms with van der Waals surface area (Å²) < 4.78 is 6.43. The van der Waals surface area contributed by atoms with Crippen molar-refractivity contribution in [3.05, 3.63) is 12.7 Å². The molecule has 2 N–H and O–H groups in total. The molecular weight excluding hydrogens is 388 g/mol. The molecule has 0 aromatic rings. The van der Waals surface area contributed by atoms with Gasteiger partial charge in [-0.25, -0.2) is 0 Å². The van der Waals surface area contributed by atoms with Crippen LogP contribution in [0.1, 0.15) is 52.4 Å². The molecule has 30 heavy (non-hydrogen) atoms. The fourth-order valence-electron chi connectivity index (χ4n) is 5.89. The number of β-amino-alcohol motifs (C(OH)–C–C–N with tert-alkyl or cyclic N) is 1. The van der Waals surface area contributed by atoms with Gasteiger partial charge in [0.2, 0.25) is 11.8 Å². The third-order valence-corrected chi connectivity index (χ3v) is 7.21. The Balaban J connectivity index is 2.01. The van der Waals surface area contributed by atoms with E-state index in [1.807, 2.05) is 6.92 Å². The highest BCUT2D eigenvalue weighted by Crippen LogP contribution is 2.64. The molecule has 3 heterocycles. The molecule has 3 saturated heterocycles. The van der Waals surface area contributed by atoms with Crippen LogP contribution in [0.2, 0.25) is 0 Å². The van der Waals surface area contributed by atoms with Gasteiger partial charge >= 0.3 is 5.97 Å². The maximum atomic E-state index is 13.7. The van der Waals surface area contributed by atoms with Gasteiger partial charge in [-0.1, -0.05) is 32.8 Å². The first kappa shape index (κ1) is 22.7. The van der Waals surface area contributed by atoms with Gasteiger partial charge in [0.25, 0.3) is 0 Å². The van der Waals surface area contributed by atoms with Crippen molar-refractivity contribution < 1.29 is 29.3 Å². The number of carbonyl (C=O) groups excluding carboxylic acids is 2. The standard InChI is InChI=1S/C22H34N2O6/c1-4-7-8-12-23(11-5-2)19(27)17-22-10-9-21(6-3,30-22)16(20(28)29)15(22)18(26)24(17)13-14-25/h5,15-17,25H,2,4,6-14H2,1,3H3,(H,28,29)/t15-,16+,17?,21-,22?/m0/s1. The Kier molecular flexibility index (Phi) is 6.57. The van der Waals surface area contributed by atoms with E-state index < -0.39 is 41.0 Å². The molecule has 2 bridgehead atoms. The van der Waals surface area contributed by atoms with Gasteiger partial charge in [0.1, 0.15) is 17.6 Å². The molecule has 0 aliphatic carbocycles. The van der Waals surface area contributed by atoms with Gasteiger partial charge in [-0.3, -0.25) is 14.4 Å². The van der Waals surface area contributed by atoms with E-state index in [4.69, 9.17) is 4.74 Å². The maximum absolute atomic E-state index is 13.7. The molecule has 3 rings (SSSR count). The predicted octanol–water partition coefficient (Wildman–Crippen LogP) is 1.42. The van der Waals surface area contributed by atoms with Crippen LogP contribution >= 0.6 is 0 Å². The molecule has 3 fully saturated rings. The molecule has 0 saturated carbocycles. The van der Waals surface area contributed by atoms with Crippen LogP contribution in [-0.4, -0.2) is 81.3 Å². The summed E-state index contributed by atoms with van der Waals surface area (Å²) in [4.78, 5) is 42.3. The molecule has 8 heteroatoms. The van der Waals surface area contributed by atoms with Crippen LogP contribution in [0.5, 0.6) is 0 Å². The Morgan fingerprint density at radius 2 is 2.07 bits per heavy atom.